The number of nitrogens with zero attached hydrogens (tertiary/aromatic N) is 3. The Labute approximate surface area is 134 Å². The second-order valence-electron chi connectivity index (χ2n) is 4.88. The molecule has 118 valence electrons. The molecular formula is C15H20ClN5O. The van der Waals surface area contributed by atoms with E-state index in [4.69, 9.17) is 11.6 Å². The summed E-state index contributed by atoms with van der Waals surface area (Å²) in [5, 5.41) is 14.2. The number of urea groups is 1. The van der Waals surface area contributed by atoms with Crippen LogP contribution in [-0.2, 0) is 13.1 Å². The molecule has 2 aromatic rings. The van der Waals surface area contributed by atoms with Crippen molar-refractivity contribution in [3.05, 3.63) is 47.0 Å². The summed E-state index contributed by atoms with van der Waals surface area (Å²) in [6.07, 6.45) is 2.43. The average Bonchev–Trinajstić information content (AvgIpc) is 2.98. The third kappa shape index (κ3) is 4.21. The van der Waals surface area contributed by atoms with Gasteiger partial charge in [-0.3, -0.25) is 0 Å². The highest BCUT2D eigenvalue weighted by atomic mass is 35.5. The minimum Gasteiger partial charge on any atom is -0.331 e. The minimum absolute atomic E-state index is 0.0808. The van der Waals surface area contributed by atoms with E-state index in [1.165, 1.54) is 0 Å². The number of aryl methyl sites for hydroxylation is 1. The van der Waals surface area contributed by atoms with Crippen LogP contribution in [0.3, 0.4) is 0 Å². The van der Waals surface area contributed by atoms with Gasteiger partial charge >= 0.3 is 6.03 Å². The van der Waals surface area contributed by atoms with Crippen LogP contribution in [0.25, 0.3) is 0 Å². The van der Waals surface area contributed by atoms with Crippen LogP contribution in [0.5, 0.6) is 0 Å². The fraction of sp³-hybridized carbons (Fsp3) is 0.400. The molecule has 0 fully saturated rings. The molecule has 1 aromatic heterocycles. The summed E-state index contributed by atoms with van der Waals surface area (Å²) in [6.45, 7) is 5.12. The van der Waals surface area contributed by atoms with E-state index in [9.17, 15) is 4.79 Å². The molecule has 0 radical (unpaired) electrons. The molecule has 0 aliphatic heterocycles. The predicted molar refractivity (Wildman–Crippen MR) is 85.6 cm³/mol. The van der Waals surface area contributed by atoms with E-state index in [1.807, 2.05) is 42.7 Å². The van der Waals surface area contributed by atoms with Gasteiger partial charge in [0.2, 0.25) is 0 Å². The number of hydrogen-bond acceptors (Lipinski definition) is 3. The highest BCUT2D eigenvalue weighted by molar-refractivity contribution is 6.30. The molecule has 0 saturated heterocycles. The Hall–Kier alpha value is -2.08. The van der Waals surface area contributed by atoms with E-state index in [0.717, 1.165) is 24.4 Å². The maximum Gasteiger partial charge on any atom is 0.315 e. The van der Waals surface area contributed by atoms with Crippen molar-refractivity contribution in [3.8, 4) is 0 Å². The van der Waals surface area contributed by atoms with Crippen molar-refractivity contribution in [1.82, 2.24) is 25.4 Å². The molecule has 7 heteroatoms. The van der Waals surface area contributed by atoms with Gasteiger partial charge in [0.05, 0.1) is 12.6 Å². The topological polar surface area (TPSA) is 71.8 Å². The smallest absolute Gasteiger partial charge is 0.315 e. The van der Waals surface area contributed by atoms with Gasteiger partial charge in [0.25, 0.3) is 0 Å². The summed E-state index contributed by atoms with van der Waals surface area (Å²) in [5.74, 6) is 0.730. The van der Waals surface area contributed by atoms with Crippen molar-refractivity contribution in [1.29, 1.82) is 0 Å². The average molecular weight is 322 g/mol. The molecule has 0 aliphatic rings. The summed E-state index contributed by atoms with van der Waals surface area (Å²) in [5.41, 5.74) is 0.988. The third-order valence-electron chi connectivity index (χ3n) is 3.41. The number of hydrogen-bond donors (Lipinski definition) is 2. The number of amides is 2. The summed E-state index contributed by atoms with van der Waals surface area (Å²) in [6, 6.07) is 7.19. The Kier molecular flexibility index (Phi) is 5.77. The number of nitrogens with one attached hydrogen (secondary N) is 2. The third-order valence-corrected chi connectivity index (χ3v) is 3.64. The van der Waals surface area contributed by atoms with Crippen LogP contribution >= 0.6 is 11.6 Å². The van der Waals surface area contributed by atoms with Crippen LogP contribution in [0.1, 0.15) is 37.7 Å². The number of carbonyl (C=O) groups is 1. The molecule has 1 heterocycles. The largest absolute Gasteiger partial charge is 0.331 e. The highest BCUT2D eigenvalue weighted by Crippen LogP contribution is 2.20. The maximum atomic E-state index is 12.1. The molecule has 0 unspecified atom stereocenters. The summed E-state index contributed by atoms with van der Waals surface area (Å²) >= 11 is 6.00. The maximum absolute atomic E-state index is 12.1. The van der Waals surface area contributed by atoms with Gasteiger partial charge < -0.3 is 15.2 Å². The summed E-state index contributed by atoms with van der Waals surface area (Å²) in [7, 11) is 0. The zero-order valence-electron chi connectivity index (χ0n) is 12.7. The van der Waals surface area contributed by atoms with Gasteiger partial charge in [-0.25, -0.2) is 4.79 Å². The first-order valence-corrected chi connectivity index (χ1v) is 7.68. The van der Waals surface area contributed by atoms with Crippen LogP contribution in [0.4, 0.5) is 4.79 Å². The normalized spacial score (nSPS) is 12.0. The lowest BCUT2D eigenvalue weighted by atomic mass is 10.1. The van der Waals surface area contributed by atoms with E-state index in [2.05, 4.69) is 20.8 Å². The van der Waals surface area contributed by atoms with Crippen molar-refractivity contribution < 1.29 is 4.79 Å². The molecule has 2 rings (SSSR count). The standard InChI is InChI=1S/C15H20ClN5O/c1-3-13(11-6-5-7-12(16)8-11)19-15(22)17-9-14-20-18-10-21(14)4-2/h5-8,10,13H,3-4,9H2,1-2H3,(H2,17,19,22)/t13-/m1/s1. The number of benzene rings is 1. The molecule has 0 spiro atoms. The lowest BCUT2D eigenvalue weighted by Gasteiger charge is -2.18. The first-order valence-electron chi connectivity index (χ1n) is 7.30. The van der Waals surface area contributed by atoms with Crippen molar-refractivity contribution >= 4 is 17.6 Å². The van der Waals surface area contributed by atoms with Crippen LogP contribution < -0.4 is 10.6 Å². The van der Waals surface area contributed by atoms with Crippen LogP contribution in [-0.4, -0.2) is 20.8 Å². The molecule has 0 saturated carbocycles. The van der Waals surface area contributed by atoms with Gasteiger partial charge in [0.15, 0.2) is 5.82 Å². The quantitative estimate of drug-likeness (QED) is 0.859. The van der Waals surface area contributed by atoms with E-state index >= 15 is 0 Å². The van der Waals surface area contributed by atoms with Crippen LogP contribution in [0.2, 0.25) is 5.02 Å². The molecule has 1 atom stereocenters. The molecule has 6 nitrogen and oxygen atoms in total. The molecule has 0 aliphatic carbocycles. The first-order chi connectivity index (χ1) is 10.6. The SMILES string of the molecule is CC[C@@H](NC(=O)NCc1nncn1CC)c1cccc(Cl)c1. The Morgan fingerprint density at radius 2 is 2.23 bits per heavy atom. The summed E-state index contributed by atoms with van der Waals surface area (Å²) < 4.78 is 1.88. The lowest BCUT2D eigenvalue weighted by molar-refractivity contribution is 0.236. The minimum atomic E-state index is -0.238. The van der Waals surface area contributed by atoms with Crippen molar-refractivity contribution in [2.45, 2.75) is 39.4 Å². The predicted octanol–water partition coefficient (Wildman–Crippen LogP) is 2.90. The van der Waals surface area contributed by atoms with Gasteiger partial charge in [-0.1, -0.05) is 30.7 Å². The van der Waals surface area contributed by atoms with E-state index in [0.29, 0.717) is 11.6 Å². The fourth-order valence-electron chi connectivity index (χ4n) is 2.19. The molecule has 22 heavy (non-hydrogen) atoms. The lowest BCUT2D eigenvalue weighted by Crippen LogP contribution is -2.38. The zero-order chi connectivity index (χ0) is 15.9. The molecular weight excluding hydrogens is 302 g/mol. The van der Waals surface area contributed by atoms with Crippen LogP contribution in [0.15, 0.2) is 30.6 Å². The Morgan fingerprint density at radius 3 is 2.91 bits per heavy atom. The molecule has 1 aromatic carbocycles. The van der Waals surface area contributed by atoms with Gasteiger partial charge in [0, 0.05) is 11.6 Å². The van der Waals surface area contributed by atoms with E-state index in [1.54, 1.807) is 6.33 Å². The Balaban J connectivity index is 1.92. The fourth-order valence-corrected chi connectivity index (χ4v) is 2.39. The van der Waals surface area contributed by atoms with Crippen molar-refractivity contribution in [2.75, 3.05) is 0 Å². The van der Waals surface area contributed by atoms with Crippen molar-refractivity contribution in [2.24, 2.45) is 0 Å². The second-order valence-corrected chi connectivity index (χ2v) is 5.31. The molecule has 2 amide bonds. The van der Waals surface area contributed by atoms with Gasteiger partial charge in [0.1, 0.15) is 6.33 Å². The van der Waals surface area contributed by atoms with E-state index < -0.39 is 0 Å². The van der Waals surface area contributed by atoms with Gasteiger partial charge in [-0.05, 0) is 31.0 Å². The van der Waals surface area contributed by atoms with Gasteiger partial charge in [-0.2, -0.15) is 0 Å². The van der Waals surface area contributed by atoms with E-state index in [-0.39, 0.29) is 12.1 Å². The summed E-state index contributed by atoms with van der Waals surface area (Å²) in [4.78, 5) is 12.1. The molecule has 2 N–H and O–H groups in total. The first kappa shape index (κ1) is 16.3. The number of halogens is 1. The van der Waals surface area contributed by atoms with Crippen molar-refractivity contribution in [3.63, 3.8) is 0 Å². The highest BCUT2D eigenvalue weighted by Gasteiger charge is 2.13. The second kappa shape index (κ2) is 7.79. The monoisotopic (exact) mass is 321 g/mol. The molecule has 0 bridgehead atoms. The number of aromatic nitrogens is 3. The number of carbonyl (C=O) groups excluding carboxylic acids is 1. The van der Waals surface area contributed by atoms with Gasteiger partial charge in [-0.15, -0.1) is 10.2 Å². The zero-order valence-corrected chi connectivity index (χ0v) is 13.5. The van der Waals surface area contributed by atoms with Crippen LogP contribution in [0, 0.1) is 0 Å². The number of rotatable bonds is 6. The Bertz CT molecular complexity index is 628. The Morgan fingerprint density at radius 1 is 1.41 bits per heavy atom.